The van der Waals surface area contributed by atoms with E-state index in [4.69, 9.17) is 0 Å². The number of sulfonamides is 1. The molecular formula is C21H27N3O3S. The summed E-state index contributed by atoms with van der Waals surface area (Å²) in [6.45, 7) is 5.75. The molecule has 0 bridgehead atoms. The molecule has 0 spiro atoms. The van der Waals surface area contributed by atoms with Gasteiger partial charge < -0.3 is 5.32 Å². The molecule has 28 heavy (non-hydrogen) atoms. The van der Waals surface area contributed by atoms with Gasteiger partial charge in [-0.05, 0) is 43.0 Å². The second kappa shape index (κ2) is 8.86. The van der Waals surface area contributed by atoms with E-state index in [2.05, 4.69) is 27.1 Å². The van der Waals surface area contributed by atoms with Crippen LogP contribution in [0.2, 0.25) is 0 Å². The second-order valence-electron chi connectivity index (χ2n) is 7.32. The quantitative estimate of drug-likeness (QED) is 0.780. The third-order valence-corrected chi connectivity index (χ3v) is 6.62. The molecule has 6 nitrogen and oxygen atoms in total. The lowest BCUT2D eigenvalue weighted by Gasteiger charge is -2.32. The van der Waals surface area contributed by atoms with Crippen LogP contribution in [0.3, 0.4) is 0 Å². The third-order valence-electron chi connectivity index (χ3n) is 4.96. The lowest BCUT2D eigenvalue weighted by molar-refractivity contribution is -0.114. The SMILES string of the molecule is CC(=O)Nc1ccc(C)c(S(=O)(=O)NC2CCN(Cc3ccccc3)CC2)c1. The van der Waals surface area contributed by atoms with Crippen molar-refractivity contribution < 1.29 is 13.2 Å². The van der Waals surface area contributed by atoms with Gasteiger partial charge in [0.05, 0.1) is 4.90 Å². The van der Waals surface area contributed by atoms with Crippen molar-refractivity contribution in [1.29, 1.82) is 0 Å². The Bertz CT molecular complexity index is 921. The lowest BCUT2D eigenvalue weighted by Crippen LogP contribution is -2.44. The van der Waals surface area contributed by atoms with Crippen LogP contribution in [0.4, 0.5) is 5.69 Å². The van der Waals surface area contributed by atoms with Gasteiger partial charge in [0.2, 0.25) is 15.9 Å². The molecule has 1 fully saturated rings. The first-order chi connectivity index (χ1) is 13.3. The Morgan fingerprint density at radius 1 is 1.11 bits per heavy atom. The first-order valence-corrected chi connectivity index (χ1v) is 11.0. The van der Waals surface area contributed by atoms with Crippen LogP contribution in [0.15, 0.2) is 53.4 Å². The molecule has 2 N–H and O–H groups in total. The largest absolute Gasteiger partial charge is 0.326 e. The van der Waals surface area contributed by atoms with Crippen molar-refractivity contribution in [1.82, 2.24) is 9.62 Å². The maximum absolute atomic E-state index is 12.9. The number of hydrogen-bond donors (Lipinski definition) is 2. The van der Waals surface area contributed by atoms with Gasteiger partial charge >= 0.3 is 0 Å². The molecule has 0 saturated carbocycles. The van der Waals surface area contributed by atoms with Crippen molar-refractivity contribution in [2.75, 3.05) is 18.4 Å². The molecule has 1 heterocycles. The molecule has 2 aromatic rings. The van der Waals surface area contributed by atoms with Crippen LogP contribution in [-0.2, 0) is 21.4 Å². The molecule has 1 aliphatic heterocycles. The van der Waals surface area contributed by atoms with E-state index >= 15 is 0 Å². The molecule has 0 radical (unpaired) electrons. The minimum absolute atomic E-state index is 0.0826. The highest BCUT2D eigenvalue weighted by Gasteiger charge is 2.26. The normalized spacial score (nSPS) is 16.1. The van der Waals surface area contributed by atoms with Crippen molar-refractivity contribution in [3.05, 3.63) is 59.7 Å². The summed E-state index contributed by atoms with van der Waals surface area (Å²) in [4.78, 5) is 13.8. The number of benzene rings is 2. The number of anilines is 1. The van der Waals surface area contributed by atoms with Gasteiger partial charge in [0.1, 0.15) is 0 Å². The van der Waals surface area contributed by atoms with E-state index in [1.807, 2.05) is 18.2 Å². The monoisotopic (exact) mass is 401 g/mol. The van der Waals surface area contributed by atoms with E-state index in [-0.39, 0.29) is 16.8 Å². The molecule has 1 saturated heterocycles. The molecule has 0 atom stereocenters. The van der Waals surface area contributed by atoms with E-state index < -0.39 is 10.0 Å². The molecule has 3 rings (SSSR count). The average Bonchev–Trinajstić information content (AvgIpc) is 2.65. The summed E-state index contributed by atoms with van der Waals surface area (Å²) in [6, 6.07) is 15.2. The lowest BCUT2D eigenvalue weighted by atomic mass is 10.1. The summed E-state index contributed by atoms with van der Waals surface area (Å²) in [5, 5.41) is 2.64. The molecule has 0 aromatic heterocycles. The number of nitrogens with one attached hydrogen (secondary N) is 2. The van der Waals surface area contributed by atoms with Gasteiger partial charge in [-0.3, -0.25) is 9.69 Å². The average molecular weight is 402 g/mol. The Kier molecular flexibility index (Phi) is 6.49. The van der Waals surface area contributed by atoms with Gasteiger partial charge in [0, 0.05) is 38.3 Å². The summed E-state index contributed by atoms with van der Waals surface area (Å²) in [5.41, 5.74) is 2.41. The van der Waals surface area contributed by atoms with Crippen LogP contribution in [-0.4, -0.2) is 38.4 Å². The van der Waals surface area contributed by atoms with Gasteiger partial charge in [-0.2, -0.15) is 0 Å². The van der Waals surface area contributed by atoms with E-state index in [1.165, 1.54) is 18.6 Å². The van der Waals surface area contributed by atoms with Crippen molar-refractivity contribution in [3.8, 4) is 0 Å². The molecule has 150 valence electrons. The number of carbonyl (C=O) groups excluding carboxylic acids is 1. The number of amides is 1. The first-order valence-electron chi connectivity index (χ1n) is 9.50. The predicted octanol–water partition coefficient (Wildman–Crippen LogP) is 2.90. The molecule has 1 aliphatic rings. The van der Waals surface area contributed by atoms with Gasteiger partial charge in [-0.1, -0.05) is 36.4 Å². The zero-order valence-corrected chi connectivity index (χ0v) is 17.1. The number of nitrogens with zero attached hydrogens (tertiary/aromatic N) is 1. The van der Waals surface area contributed by atoms with Crippen molar-refractivity contribution >= 4 is 21.6 Å². The fourth-order valence-corrected chi connectivity index (χ4v) is 5.08. The molecule has 0 unspecified atom stereocenters. The summed E-state index contributed by atoms with van der Waals surface area (Å²) in [7, 11) is -3.65. The van der Waals surface area contributed by atoms with Crippen molar-refractivity contribution in [2.24, 2.45) is 0 Å². The Balaban J connectivity index is 1.62. The second-order valence-corrected chi connectivity index (χ2v) is 9.00. The zero-order valence-electron chi connectivity index (χ0n) is 16.3. The van der Waals surface area contributed by atoms with Gasteiger partial charge in [-0.15, -0.1) is 0 Å². The Morgan fingerprint density at radius 2 is 1.79 bits per heavy atom. The van der Waals surface area contributed by atoms with Gasteiger partial charge in [-0.25, -0.2) is 13.1 Å². The van der Waals surface area contributed by atoms with Crippen LogP contribution in [0.1, 0.15) is 30.9 Å². The highest BCUT2D eigenvalue weighted by atomic mass is 32.2. The van der Waals surface area contributed by atoms with Crippen LogP contribution >= 0.6 is 0 Å². The van der Waals surface area contributed by atoms with E-state index in [1.54, 1.807) is 19.1 Å². The number of hydrogen-bond acceptors (Lipinski definition) is 4. The first kappa shape index (κ1) is 20.5. The topological polar surface area (TPSA) is 78.5 Å². The molecule has 0 aliphatic carbocycles. The van der Waals surface area contributed by atoms with Crippen molar-refractivity contribution in [2.45, 2.75) is 44.2 Å². The fourth-order valence-electron chi connectivity index (χ4n) is 3.50. The third kappa shape index (κ3) is 5.41. The van der Waals surface area contributed by atoms with Crippen LogP contribution in [0.5, 0.6) is 0 Å². The Labute approximate surface area is 167 Å². The van der Waals surface area contributed by atoms with E-state index in [9.17, 15) is 13.2 Å². The Morgan fingerprint density at radius 3 is 2.43 bits per heavy atom. The van der Waals surface area contributed by atoms with E-state index in [0.29, 0.717) is 11.3 Å². The number of aryl methyl sites for hydroxylation is 1. The summed E-state index contributed by atoms with van der Waals surface area (Å²) < 4.78 is 28.6. The number of carbonyl (C=O) groups is 1. The van der Waals surface area contributed by atoms with Gasteiger partial charge in [0.25, 0.3) is 0 Å². The maximum atomic E-state index is 12.9. The highest BCUT2D eigenvalue weighted by molar-refractivity contribution is 7.89. The molecular weight excluding hydrogens is 374 g/mol. The molecule has 1 amide bonds. The van der Waals surface area contributed by atoms with E-state index in [0.717, 1.165) is 32.5 Å². The number of likely N-dealkylation sites (tertiary alicyclic amines) is 1. The standard InChI is InChI=1S/C21H27N3O3S/c1-16-8-9-20(22-17(2)25)14-21(16)28(26,27)23-19-10-12-24(13-11-19)15-18-6-4-3-5-7-18/h3-9,14,19,23H,10-13,15H2,1-2H3,(H,22,25). The van der Waals surface area contributed by atoms with Gasteiger partial charge in [0.15, 0.2) is 0 Å². The summed E-state index contributed by atoms with van der Waals surface area (Å²) >= 11 is 0. The minimum Gasteiger partial charge on any atom is -0.326 e. The zero-order chi connectivity index (χ0) is 20.1. The molecule has 2 aromatic carbocycles. The number of piperidine rings is 1. The Hall–Kier alpha value is -2.22. The predicted molar refractivity (Wildman–Crippen MR) is 111 cm³/mol. The minimum atomic E-state index is -3.65. The maximum Gasteiger partial charge on any atom is 0.241 e. The summed E-state index contributed by atoms with van der Waals surface area (Å²) in [6.07, 6.45) is 1.55. The van der Waals surface area contributed by atoms with Crippen molar-refractivity contribution in [3.63, 3.8) is 0 Å². The van der Waals surface area contributed by atoms with Crippen LogP contribution in [0, 0.1) is 6.92 Å². The fraction of sp³-hybridized carbons (Fsp3) is 0.381. The van der Waals surface area contributed by atoms with Crippen LogP contribution in [0.25, 0.3) is 0 Å². The highest BCUT2D eigenvalue weighted by Crippen LogP contribution is 2.22. The smallest absolute Gasteiger partial charge is 0.241 e. The van der Waals surface area contributed by atoms with Crippen LogP contribution < -0.4 is 10.0 Å². The summed E-state index contributed by atoms with van der Waals surface area (Å²) in [5.74, 6) is -0.231. The molecule has 7 heteroatoms. The number of rotatable bonds is 6.